The van der Waals surface area contributed by atoms with Crippen LogP contribution < -0.4 is 10.1 Å². The number of aromatic nitrogens is 2. The van der Waals surface area contributed by atoms with Gasteiger partial charge in [0.1, 0.15) is 5.76 Å². The van der Waals surface area contributed by atoms with Crippen molar-refractivity contribution in [3.8, 4) is 16.3 Å². The van der Waals surface area contributed by atoms with Crippen LogP contribution in [0.4, 0.5) is 5.13 Å². The Kier molecular flexibility index (Phi) is 6.27. The third kappa shape index (κ3) is 4.49. The van der Waals surface area contributed by atoms with E-state index in [1.54, 1.807) is 30.3 Å². The summed E-state index contributed by atoms with van der Waals surface area (Å²) in [6.45, 7) is 0. The van der Waals surface area contributed by atoms with Crippen LogP contribution in [0, 0.1) is 0 Å². The lowest BCUT2D eigenvalue weighted by Gasteiger charge is -2.02. The van der Waals surface area contributed by atoms with Crippen LogP contribution in [0.25, 0.3) is 10.4 Å². The van der Waals surface area contributed by atoms with E-state index < -0.39 is 5.97 Å². The highest BCUT2D eigenvalue weighted by molar-refractivity contribution is 7.19. The number of rotatable bonds is 7. The third-order valence-corrected chi connectivity index (χ3v) is 5.05. The van der Waals surface area contributed by atoms with E-state index in [2.05, 4.69) is 15.5 Å². The van der Waals surface area contributed by atoms with E-state index >= 15 is 0 Å². The number of thiazole rings is 1. The monoisotopic (exact) mass is 421 g/mol. The summed E-state index contributed by atoms with van der Waals surface area (Å²) in [7, 11) is 2.74. The normalized spacial score (nSPS) is 10.5. The maximum atomic E-state index is 12.2. The SMILES string of the molecule is COC(=O)c1nc(NC(=O)CCc2cc(OC)no2)sc1-c1ccccc1Cl. The fraction of sp³-hybridized carbons (Fsp3) is 0.222. The molecule has 8 nitrogen and oxygen atoms in total. The zero-order chi connectivity index (χ0) is 20.1. The predicted octanol–water partition coefficient (Wildman–Crippen LogP) is 3.82. The first-order valence-corrected chi connectivity index (χ1v) is 9.34. The second-order valence-electron chi connectivity index (χ2n) is 5.55. The van der Waals surface area contributed by atoms with Crippen molar-refractivity contribution >= 4 is 39.9 Å². The van der Waals surface area contributed by atoms with Gasteiger partial charge in [-0.25, -0.2) is 9.78 Å². The number of methoxy groups -OCH3 is 2. The van der Waals surface area contributed by atoms with Crippen molar-refractivity contribution in [3.05, 3.63) is 46.8 Å². The Hall–Kier alpha value is -2.91. The lowest BCUT2D eigenvalue weighted by Crippen LogP contribution is -2.12. The van der Waals surface area contributed by atoms with E-state index in [9.17, 15) is 9.59 Å². The number of carbonyl (C=O) groups is 2. The van der Waals surface area contributed by atoms with E-state index in [-0.39, 0.29) is 23.2 Å². The summed E-state index contributed by atoms with van der Waals surface area (Å²) in [4.78, 5) is 29.1. The molecule has 0 radical (unpaired) electrons. The lowest BCUT2D eigenvalue weighted by molar-refractivity contribution is -0.116. The van der Waals surface area contributed by atoms with Gasteiger partial charge in [0.2, 0.25) is 5.91 Å². The molecular weight excluding hydrogens is 406 g/mol. The molecule has 0 spiro atoms. The molecule has 0 atom stereocenters. The number of hydrogen-bond donors (Lipinski definition) is 1. The number of halogens is 1. The topological polar surface area (TPSA) is 104 Å². The summed E-state index contributed by atoms with van der Waals surface area (Å²) in [5, 5.41) is 7.11. The molecule has 0 saturated heterocycles. The Morgan fingerprint density at radius 2 is 2.07 bits per heavy atom. The maximum absolute atomic E-state index is 12.2. The molecule has 28 heavy (non-hydrogen) atoms. The zero-order valence-corrected chi connectivity index (χ0v) is 16.6. The smallest absolute Gasteiger partial charge is 0.358 e. The van der Waals surface area contributed by atoms with Crippen molar-refractivity contribution < 1.29 is 23.6 Å². The number of aryl methyl sites for hydroxylation is 1. The standard InChI is InChI=1S/C18H16ClN3O5S/c1-25-14-9-10(27-22-14)7-8-13(23)20-18-21-15(17(24)26-2)16(28-18)11-5-3-4-6-12(11)19/h3-6,9H,7-8H2,1-2H3,(H,20,21,23). The van der Waals surface area contributed by atoms with E-state index in [1.165, 1.54) is 14.2 Å². The minimum absolute atomic E-state index is 0.0934. The van der Waals surface area contributed by atoms with E-state index in [1.807, 2.05) is 0 Å². The lowest BCUT2D eigenvalue weighted by atomic mass is 10.1. The molecule has 0 fully saturated rings. The number of ether oxygens (including phenoxy) is 2. The van der Waals surface area contributed by atoms with E-state index in [0.717, 1.165) is 11.3 Å². The molecule has 0 saturated carbocycles. The van der Waals surface area contributed by atoms with Crippen LogP contribution in [0.1, 0.15) is 22.7 Å². The molecule has 0 bridgehead atoms. The summed E-state index contributed by atoms with van der Waals surface area (Å²) in [5.74, 6) is -0.0211. The second kappa shape index (κ2) is 8.85. The molecule has 2 aromatic heterocycles. The summed E-state index contributed by atoms with van der Waals surface area (Å²) >= 11 is 7.38. The van der Waals surface area contributed by atoms with Crippen LogP contribution in [0.2, 0.25) is 5.02 Å². The molecule has 3 aromatic rings. The van der Waals surface area contributed by atoms with Crippen molar-refractivity contribution in [1.29, 1.82) is 0 Å². The van der Waals surface area contributed by atoms with Gasteiger partial charge in [-0.15, -0.1) is 0 Å². The van der Waals surface area contributed by atoms with Gasteiger partial charge in [0.05, 0.1) is 19.1 Å². The van der Waals surface area contributed by atoms with Crippen molar-refractivity contribution in [2.75, 3.05) is 19.5 Å². The second-order valence-corrected chi connectivity index (χ2v) is 6.96. The number of nitrogens with one attached hydrogen (secondary N) is 1. The first kappa shape index (κ1) is 19.8. The Morgan fingerprint density at radius 1 is 1.29 bits per heavy atom. The summed E-state index contributed by atoms with van der Waals surface area (Å²) < 4.78 is 14.8. The van der Waals surface area contributed by atoms with Crippen molar-refractivity contribution in [1.82, 2.24) is 10.1 Å². The first-order chi connectivity index (χ1) is 13.5. The van der Waals surface area contributed by atoms with E-state index in [0.29, 0.717) is 33.5 Å². The van der Waals surface area contributed by atoms with Crippen molar-refractivity contribution in [3.63, 3.8) is 0 Å². The quantitative estimate of drug-likeness (QED) is 0.578. The average Bonchev–Trinajstić information content (AvgIpc) is 3.33. The van der Waals surface area contributed by atoms with Crippen LogP contribution in [0.3, 0.4) is 0 Å². The predicted molar refractivity (Wildman–Crippen MR) is 104 cm³/mol. The summed E-state index contributed by atoms with van der Waals surface area (Å²) in [5.41, 5.74) is 0.729. The van der Waals surface area contributed by atoms with Gasteiger partial charge >= 0.3 is 5.97 Å². The van der Waals surface area contributed by atoms with E-state index in [4.69, 9.17) is 25.6 Å². The number of benzene rings is 1. The number of esters is 1. The van der Waals surface area contributed by atoms with Gasteiger partial charge in [0, 0.05) is 29.5 Å². The molecule has 0 aliphatic rings. The average molecular weight is 422 g/mol. The Bertz CT molecular complexity index is 1000. The van der Waals surface area contributed by atoms with Crippen molar-refractivity contribution in [2.24, 2.45) is 0 Å². The number of amides is 1. The molecule has 146 valence electrons. The minimum atomic E-state index is -0.611. The fourth-order valence-electron chi connectivity index (χ4n) is 2.36. The van der Waals surface area contributed by atoms with Crippen LogP contribution in [0.15, 0.2) is 34.9 Å². The highest BCUT2D eigenvalue weighted by atomic mass is 35.5. The summed E-state index contributed by atoms with van der Waals surface area (Å²) in [6, 6.07) is 8.67. The van der Waals surface area contributed by atoms with Crippen LogP contribution in [0.5, 0.6) is 5.88 Å². The van der Waals surface area contributed by atoms with Gasteiger partial charge in [-0.3, -0.25) is 4.79 Å². The molecule has 0 aliphatic carbocycles. The number of carbonyl (C=O) groups excluding carboxylic acids is 2. The van der Waals surface area contributed by atoms with Crippen molar-refractivity contribution in [2.45, 2.75) is 12.8 Å². The van der Waals surface area contributed by atoms with Gasteiger partial charge in [0.15, 0.2) is 10.8 Å². The first-order valence-electron chi connectivity index (χ1n) is 8.15. The molecule has 1 aromatic carbocycles. The van der Waals surface area contributed by atoms with Gasteiger partial charge in [-0.1, -0.05) is 41.1 Å². The van der Waals surface area contributed by atoms with Gasteiger partial charge in [-0.2, -0.15) is 0 Å². The van der Waals surface area contributed by atoms with Crippen LogP contribution in [-0.4, -0.2) is 36.2 Å². The third-order valence-electron chi connectivity index (χ3n) is 3.72. The molecular formula is C18H16ClN3O5S. The Labute approximate surface area is 169 Å². The van der Waals surface area contributed by atoms with Crippen LogP contribution in [-0.2, 0) is 16.0 Å². The number of anilines is 1. The Balaban J connectivity index is 1.75. The van der Waals surface area contributed by atoms with Crippen LogP contribution >= 0.6 is 22.9 Å². The molecule has 2 heterocycles. The molecule has 0 unspecified atom stereocenters. The fourth-order valence-corrected chi connectivity index (χ4v) is 3.66. The highest BCUT2D eigenvalue weighted by Crippen LogP contribution is 2.37. The largest absolute Gasteiger partial charge is 0.479 e. The molecule has 1 amide bonds. The molecule has 3 rings (SSSR count). The Morgan fingerprint density at radius 3 is 2.75 bits per heavy atom. The molecule has 10 heteroatoms. The summed E-state index contributed by atoms with van der Waals surface area (Å²) in [6.07, 6.45) is 0.488. The molecule has 0 aliphatic heterocycles. The maximum Gasteiger partial charge on any atom is 0.358 e. The van der Waals surface area contributed by atoms with Gasteiger partial charge in [-0.05, 0) is 11.2 Å². The number of hydrogen-bond acceptors (Lipinski definition) is 8. The molecule has 1 N–H and O–H groups in total. The van der Waals surface area contributed by atoms with Gasteiger partial charge < -0.3 is 19.3 Å². The number of nitrogens with zero attached hydrogens (tertiary/aromatic N) is 2. The van der Waals surface area contributed by atoms with Gasteiger partial charge in [0.25, 0.3) is 5.88 Å². The highest BCUT2D eigenvalue weighted by Gasteiger charge is 2.22. The zero-order valence-electron chi connectivity index (χ0n) is 15.0. The minimum Gasteiger partial charge on any atom is -0.479 e.